The normalized spacial score (nSPS) is 17.6. The summed E-state index contributed by atoms with van der Waals surface area (Å²) in [6, 6.07) is 7.56. The van der Waals surface area contributed by atoms with Crippen LogP contribution >= 0.6 is 0 Å². The van der Waals surface area contributed by atoms with E-state index in [1.807, 2.05) is 0 Å². The minimum Gasteiger partial charge on any atom is -0.439 e. The molecule has 2 amide bonds. The van der Waals surface area contributed by atoms with Crippen LogP contribution in [0.3, 0.4) is 0 Å². The van der Waals surface area contributed by atoms with Crippen LogP contribution in [-0.2, 0) is 11.0 Å². The summed E-state index contributed by atoms with van der Waals surface area (Å²) in [6.07, 6.45) is -3.10. The van der Waals surface area contributed by atoms with E-state index < -0.39 is 17.8 Å². The van der Waals surface area contributed by atoms with Crippen LogP contribution in [0.15, 0.2) is 42.6 Å². The fraction of sp³-hybridized carbons (Fsp3) is 0.316. The number of halogens is 3. The summed E-state index contributed by atoms with van der Waals surface area (Å²) in [5.74, 6) is -0.140. The summed E-state index contributed by atoms with van der Waals surface area (Å²) in [5.41, 5.74) is -0.481. The maximum Gasteiger partial charge on any atom is 0.417 e. The summed E-state index contributed by atoms with van der Waals surface area (Å²) in [4.78, 5) is 29.7. The average Bonchev–Trinajstić information content (AvgIpc) is 2.83. The number of hydrogen-bond acceptors (Lipinski definition) is 4. The second kappa shape index (κ2) is 7.87. The van der Waals surface area contributed by atoms with E-state index in [1.165, 1.54) is 29.2 Å². The van der Waals surface area contributed by atoms with E-state index in [2.05, 4.69) is 10.3 Å². The monoisotopic (exact) mass is 393 g/mol. The lowest BCUT2D eigenvalue weighted by molar-refractivity contribution is -0.137. The molecule has 0 radical (unpaired) electrons. The van der Waals surface area contributed by atoms with Gasteiger partial charge in [-0.3, -0.25) is 9.59 Å². The molecule has 1 N–H and O–H groups in total. The van der Waals surface area contributed by atoms with E-state index >= 15 is 0 Å². The highest BCUT2D eigenvalue weighted by molar-refractivity contribution is 5.97. The number of alkyl halides is 3. The molecule has 1 atom stereocenters. The van der Waals surface area contributed by atoms with Crippen LogP contribution in [0.25, 0.3) is 0 Å². The number of benzene rings is 1. The molecular formula is C19H18F3N3O3. The minimum absolute atomic E-state index is 0.00453. The summed E-state index contributed by atoms with van der Waals surface area (Å²) in [5, 5.41) is 2.75. The molecular weight excluding hydrogens is 375 g/mol. The predicted molar refractivity (Wildman–Crippen MR) is 93.9 cm³/mol. The van der Waals surface area contributed by atoms with Crippen LogP contribution in [0.1, 0.15) is 29.3 Å². The summed E-state index contributed by atoms with van der Waals surface area (Å²) >= 11 is 0. The van der Waals surface area contributed by atoms with Gasteiger partial charge in [-0.25, -0.2) is 4.98 Å². The van der Waals surface area contributed by atoms with E-state index in [-0.39, 0.29) is 17.7 Å². The van der Waals surface area contributed by atoms with Crippen LogP contribution in [0.5, 0.6) is 11.6 Å². The molecule has 0 unspecified atom stereocenters. The molecule has 148 valence electrons. The summed E-state index contributed by atoms with van der Waals surface area (Å²) in [7, 11) is 0. The first-order chi connectivity index (χ1) is 13.3. The molecule has 1 aliphatic rings. The molecule has 1 aromatic carbocycles. The first-order valence-corrected chi connectivity index (χ1v) is 8.65. The standard InChI is InChI=1S/C19H18F3N3O3/c1-12-17(26)23-9-2-10-25(12)18(27)13-3-6-15(7-4-13)28-16-8-5-14(11-24-16)19(20,21)22/h3-8,11-12H,2,9-10H2,1H3,(H,23,26)/t12-/m1/s1. The van der Waals surface area contributed by atoms with Crippen molar-refractivity contribution in [3.05, 3.63) is 53.7 Å². The highest BCUT2D eigenvalue weighted by Gasteiger charge is 2.31. The first-order valence-electron chi connectivity index (χ1n) is 8.65. The van der Waals surface area contributed by atoms with Crippen molar-refractivity contribution in [1.82, 2.24) is 15.2 Å². The molecule has 1 aromatic heterocycles. The van der Waals surface area contributed by atoms with Gasteiger partial charge >= 0.3 is 6.18 Å². The molecule has 2 heterocycles. The number of rotatable bonds is 3. The Morgan fingerprint density at radius 3 is 2.54 bits per heavy atom. The molecule has 0 aliphatic carbocycles. The van der Waals surface area contributed by atoms with Gasteiger partial charge < -0.3 is 15.0 Å². The van der Waals surface area contributed by atoms with Gasteiger partial charge in [-0.05, 0) is 43.7 Å². The molecule has 1 saturated heterocycles. The number of hydrogen-bond donors (Lipinski definition) is 1. The quantitative estimate of drug-likeness (QED) is 0.869. The van der Waals surface area contributed by atoms with Gasteiger partial charge in [-0.2, -0.15) is 13.2 Å². The van der Waals surface area contributed by atoms with Crippen molar-refractivity contribution in [3.63, 3.8) is 0 Å². The minimum atomic E-state index is -4.46. The summed E-state index contributed by atoms with van der Waals surface area (Å²) < 4.78 is 43.1. The van der Waals surface area contributed by atoms with Gasteiger partial charge in [-0.15, -0.1) is 0 Å². The van der Waals surface area contributed by atoms with Crippen molar-refractivity contribution >= 4 is 11.8 Å². The van der Waals surface area contributed by atoms with Crippen molar-refractivity contribution in [3.8, 4) is 11.6 Å². The molecule has 0 saturated carbocycles. The molecule has 9 heteroatoms. The zero-order chi connectivity index (χ0) is 20.3. The van der Waals surface area contributed by atoms with Gasteiger partial charge in [0.2, 0.25) is 11.8 Å². The number of pyridine rings is 1. The number of aromatic nitrogens is 1. The lowest BCUT2D eigenvalue weighted by atomic mass is 10.1. The Morgan fingerprint density at radius 1 is 1.21 bits per heavy atom. The maximum atomic E-state index is 12.7. The molecule has 0 bridgehead atoms. The van der Waals surface area contributed by atoms with E-state index in [0.717, 1.165) is 12.1 Å². The third-order valence-electron chi connectivity index (χ3n) is 4.37. The SMILES string of the molecule is C[C@@H]1C(=O)NCCCN1C(=O)c1ccc(Oc2ccc(C(F)(F)F)cn2)cc1. The fourth-order valence-corrected chi connectivity index (χ4v) is 2.78. The fourth-order valence-electron chi connectivity index (χ4n) is 2.78. The summed E-state index contributed by atoms with van der Waals surface area (Å²) in [6.45, 7) is 2.67. The molecule has 28 heavy (non-hydrogen) atoms. The Bertz CT molecular complexity index is 851. The van der Waals surface area contributed by atoms with Crippen LogP contribution in [0.4, 0.5) is 13.2 Å². The van der Waals surface area contributed by atoms with Gasteiger partial charge in [0.25, 0.3) is 5.91 Å². The van der Waals surface area contributed by atoms with Gasteiger partial charge in [0.1, 0.15) is 11.8 Å². The highest BCUT2D eigenvalue weighted by Crippen LogP contribution is 2.30. The maximum absolute atomic E-state index is 12.7. The zero-order valence-corrected chi connectivity index (χ0v) is 15.0. The Hall–Kier alpha value is -3.10. The molecule has 3 rings (SSSR count). The van der Waals surface area contributed by atoms with Crippen LogP contribution < -0.4 is 10.1 Å². The van der Waals surface area contributed by atoms with Crippen LogP contribution in [0.2, 0.25) is 0 Å². The third kappa shape index (κ3) is 4.41. The molecule has 0 spiro atoms. The number of ether oxygens (including phenoxy) is 1. The zero-order valence-electron chi connectivity index (χ0n) is 15.0. The Balaban J connectivity index is 1.69. The molecule has 1 fully saturated rings. The van der Waals surface area contributed by atoms with Crippen molar-refractivity contribution in [2.75, 3.05) is 13.1 Å². The number of carbonyl (C=O) groups excluding carboxylic acids is 2. The third-order valence-corrected chi connectivity index (χ3v) is 4.37. The lowest BCUT2D eigenvalue weighted by Crippen LogP contribution is -2.45. The second-order valence-electron chi connectivity index (χ2n) is 6.33. The Labute approximate surface area is 159 Å². The molecule has 1 aliphatic heterocycles. The predicted octanol–water partition coefficient (Wildman–Crippen LogP) is 3.24. The Kier molecular flexibility index (Phi) is 5.53. The number of carbonyl (C=O) groups is 2. The van der Waals surface area contributed by atoms with E-state index in [4.69, 9.17) is 4.74 Å². The largest absolute Gasteiger partial charge is 0.439 e. The van der Waals surface area contributed by atoms with E-state index in [0.29, 0.717) is 37.0 Å². The van der Waals surface area contributed by atoms with Gasteiger partial charge in [0, 0.05) is 30.9 Å². The van der Waals surface area contributed by atoms with Gasteiger partial charge in [0.15, 0.2) is 0 Å². The number of amides is 2. The van der Waals surface area contributed by atoms with E-state index in [1.54, 1.807) is 6.92 Å². The molecule has 2 aromatic rings. The van der Waals surface area contributed by atoms with Crippen LogP contribution in [0, 0.1) is 0 Å². The van der Waals surface area contributed by atoms with Gasteiger partial charge in [-0.1, -0.05) is 0 Å². The van der Waals surface area contributed by atoms with Crippen molar-refractivity contribution in [1.29, 1.82) is 0 Å². The molecule has 6 nitrogen and oxygen atoms in total. The highest BCUT2D eigenvalue weighted by atomic mass is 19.4. The smallest absolute Gasteiger partial charge is 0.417 e. The van der Waals surface area contributed by atoms with Crippen molar-refractivity contribution in [2.45, 2.75) is 25.6 Å². The van der Waals surface area contributed by atoms with Crippen LogP contribution in [-0.4, -0.2) is 40.8 Å². The van der Waals surface area contributed by atoms with E-state index in [9.17, 15) is 22.8 Å². The first kappa shape index (κ1) is 19.7. The Morgan fingerprint density at radius 2 is 1.93 bits per heavy atom. The number of nitrogens with one attached hydrogen (secondary N) is 1. The second-order valence-corrected chi connectivity index (χ2v) is 6.33. The lowest BCUT2D eigenvalue weighted by Gasteiger charge is -2.25. The van der Waals surface area contributed by atoms with Gasteiger partial charge in [0.05, 0.1) is 5.56 Å². The van der Waals surface area contributed by atoms with Crippen molar-refractivity contribution in [2.24, 2.45) is 0 Å². The van der Waals surface area contributed by atoms with Crippen molar-refractivity contribution < 1.29 is 27.5 Å². The topological polar surface area (TPSA) is 71.5 Å². The number of nitrogens with zero attached hydrogens (tertiary/aromatic N) is 2. The average molecular weight is 393 g/mol.